The Labute approximate surface area is 160 Å². The second-order valence-corrected chi connectivity index (χ2v) is 7.20. The van der Waals surface area contributed by atoms with Gasteiger partial charge in [0.2, 0.25) is 0 Å². The van der Waals surface area contributed by atoms with Gasteiger partial charge in [-0.15, -0.1) is 0 Å². The van der Waals surface area contributed by atoms with Gasteiger partial charge in [0.25, 0.3) is 5.91 Å². The fourth-order valence-corrected chi connectivity index (χ4v) is 3.54. The van der Waals surface area contributed by atoms with E-state index in [9.17, 15) is 4.79 Å². The predicted octanol–water partition coefficient (Wildman–Crippen LogP) is 3.51. The summed E-state index contributed by atoms with van der Waals surface area (Å²) in [6, 6.07) is 16.2. The van der Waals surface area contributed by atoms with Crippen LogP contribution in [0.4, 0.5) is 11.5 Å². The molecule has 0 aliphatic carbocycles. The summed E-state index contributed by atoms with van der Waals surface area (Å²) in [5.41, 5.74) is 3.85. The van der Waals surface area contributed by atoms with Crippen molar-refractivity contribution in [2.75, 3.05) is 43.4 Å². The van der Waals surface area contributed by atoms with E-state index >= 15 is 0 Å². The van der Waals surface area contributed by atoms with E-state index in [2.05, 4.69) is 57.8 Å². The van der Waals surface area contributed by atoms with Gasteiger partial charge in [-0.05, 0) is 55.4 Å². The van der Waals surface area contributed by atoms with Gasteiger partial charge in [-0.1, -0.05) is 19.1 Å². The number of aromatic nitrogens is 1. The lowest BCUT2D eigenvalue weighted by molar-refractivity contribution is 0.102. The molecule has 0 saturated carbocycles. The van der Waals surface area contributed by atoms with Crippen LogP contribution in [0.25, 0.3) is 5.52 Å². The van der Waals surface area contributed by atoms with E-state index < -0.39 is 0 Å². The van der Waals surface area contributed by atoms with Gasteiger partial charge in [-0.3, -0.25) is 4.79 Å². The van der Waals surface area contributed by atoms with Crippen molar-refractivity contribution in [1.29, 1.82) is 0 Å². The van der Waals surface area contributed by atoms with Crippen LogP contribution in [0.2, 0.25) is 0 Å². The van der Waals surface area contributed by atoms with Crippen molar-refractivity contribution in [3.8, 4) is 0 Å². The fraction of sp³-hybridized carbons (Fsp3) is 0.318. The number of nitrogens with zero attached hydrogens (tertiary/aromatic N) is 3. The van der Waals surface area contributed by atoms with Crippen molar-refractivity contribution < 1.29 is 4.79 Å². The fourth-order valence-electron chi connectivity index (χ4n) is 3.54. The molecule has 140 valence electrons. The minimum absolute atomic E-state index is 0.0841. The lowest BCUT2D eigenvalue weighted by atomic mass is 10.1. The van der Waals surface area contributed by atoms with Crippen LogP contribution in [0.5, 0.6) is 0 Å². The van der Waals surface area contributed by atoms with Crippen molar-refractivity contribution in [2.24, 2.45) is 0 Å². The van der Waals surface area contributed by atoms with E-state index in [4.69, 9.17) is 0 Å². The number of benzene rings is 1. The van der Waals surface area contributed by atoms with E-state index in [0.717, 1.165) is 49.6 Å². The first-order valence-electron chi connectivity index (χ1n) is 9.59. The van der Waals surface area contributed by atoms with Gasteiger partial charge >= 0.3 is 0 Å². The molecule has 5 nitrogen and oxygen atoms in total. The Kier molecular flexibility index (Phi) is 4.86. The Hall–Kier alpha value is -2.79. The average molecular weight is 362 g/mol. The Bertz CT molecular complexity index is 937. The number of carbonyl (C=O) groups is 1. The molecule has 1 N–H and O–H groups in total. The van der Waals surface area contributed by atoms with Crippen molar-refractivity contribution in [3.05, 3.63) is 65.9 Å². The molecule has 1 aromatic carbocycles. The van der Waals surface area contributed by atoms with Crippen LogP contribution in [0.15, 0.2) is 54.7 Å². The summed E-state index contributed by atoms with van der Waals surface area (Å²) >= 11 is 0. The molecule has 0 radical (unpaired) electrons. The minimum Gasteiger partial charge on any atom is -0.355 e. The summed E-state index contributed by atoms with van der Waals surface area (Å²) in [6.45, 7) is 6.24. The van der Waals surface area contributed by atoms with Gasteiger partial charge in [-0.25, -0.2) is 0 Å². The van der Waals surface area contributed by atoms with Crippen molar-refractivity contribution in [1.82, 2.24) is 9.30 Å². The number of anilines is 2. The maximum atomic E-state index is 12.7. The molecule has 5 heteroatoms. The topological polar surface area (TPSA) is 40.0 Å². The zero-order valence-electron chi connectivity index (χ0n) is 16.0. The Morgan fingerprint density at radius 1 is 0.963 bits per heavy atom. The highest BCUT2D eigenvalue weighted by Crippen LogP contribution is 2.22. The molecule has 1 fully saturated rings. The van der Waals surface area contributed by atoms with E-state index in [0.29, 0.717) is 5.56 Å². The number of amides is 1. The van der Waals surface area contributed by atoms with Crippen molar-refractivity contribution in [2.45, 2.75) is 13.3 Å². The minimum atomic E-state index is -0.0841. The number of aryl methyl sites for hydroxylation is 1. The summed E-state index contributed by atoms with van der Waals surface area (Å²) in [5.74, 6) is 1.07. The van der Waals surface area contributed by atoms with E-state index in [1.165, 1.54) is 5.56 Å². The van der Waals surface area contributed by atoms with Crippen molar-refractivity contribution >= 4 is 22.9 Å². The van der Waals surface area contributed by atoms with Gasteiger partial charge < -0.3 is 19.5 Å². The van der Waals surface area contributed by atoms with Gasteiger partial charge in [0.1, 0.15) is 5.82 Å². The number of piperazine rings is 1. The molecule has 1 aliphatic heterocycles. The summed E-state index contributed by atoms with van der Waals surface area (Å²) < 4.78 is 2.13. The summed E-state index contributed by atoms with van der Waals surface area (Å²) in [4.78, 5) is 17.4. The normalized spacial score (nSPS) is 15.3. The van der Waals surface area contributed by atoms with Gasteiger partial charge in [-0.2, -0.15) is 0 Å². The quantitative estimate of drug-likeness (QED) is 0.772. The number of hydrogen-bond acceptors (Lipinski definition) is 3. The number of carbonyl (C=O) groups excluding carboxylic acids is 1. The van der Waals surface area contributed by atoms with E-state index in [-0.39, 0.29) is 5.91 Å². The van der Waals surface area contributed by atoms with Gasteiger partial charge in [0.05, 0.1) is 5.56 Å². The Balaban J connectivity index is 1.56. The number of rotatable bonds is 4. The summed E-state index contributed by atoms with van der Waals surface area (Å²) in [7, 11) is 2.16. The molecular formula is C22H26N4O. The highest BCUT2D eigenvalue weighted by atomic mass is 16.1. The number of hydrogen-bond donors (Lipinski definition) is 1. The monoisotopic (exact) mass is 362 g/mol. The van der Waals surface area contributed by atoms with E-state index in [1.54, 1.807) is 0 Å². The van der Waals surface area contributed by atoms with Crippen molar-refractivity contribution in [3.63, 3.8) is 0 Å². The summed E-state index contributed by atoms with van der Waals surface area (Å²) in [5, 5.41) is 3.00. The Morgan fingerprint density at radius 3 is 2.37 bits per heavy atom. The SMILES string of the molecule is CCc1ccc(NC(=O)c2ccc3ccc(N4CCN(C)CC4)n3c2)cc1. The second-order valence-electron chi connectivity index (χ2n) is 7.20. The highest BCUT2D eigenvalue weighted by molar-refractivity contribution is 6.04. The van der Waals surface area contributed by atoms with Crippen LogP contribution in [-0.4, -0.2) is 48.4 Å². The van der Waals surface area contributed by atoms with Crippen LogP contribution < -0.4 is 10.2 Å². The standard InChI is InChI=1S/C22H26N4O/c1-3-17-4-7-19(8-5-17)23-22(27)18-6-9-20-10-11-21(26(20)16-18)25-14-12-24(2)13-15-25/h4-11,16H,3,12-15H2,1-2H3,(H,23,27). The number of pyridine rings is 1. The molecule has 2 aromatic heterocycles. The molecule has 1 aliphatic rings. The smallest absolute Gasteiger partial charge is 0.257 e. The first-order chi connectivity index (χ1) is 13.1. The molecule has 3 aromatic rings. The molecule has 1 amide bonds. The third-order valence-corrected chi connectivity index (χ3v) is 5.34. The maximum absolute atomic E-state index is 12.7. The van der Waals surface area contributed by atoms with Crippen LogP contribution in [0.3, 0.4) is 0 Å². The lowest BCUT2D eigenvalue weighted by Gasteiger charge is -2.33. The van der Waals surface area contributed by atoms with Gasteiger partial charge in [0, 0.05) is 43.6 Å². The predicted molar refractivity (Wildman–Crippen MR) is 111 cm³/mol. The zero-order valence-corrected chi connectivity index (χ0v) is 16.0. The maximum Gasteiger partial charge on any atom is 0.257 e. The molecule has 0 bridgehead atoms. The Morgan fingerprint density at radius 2 is 1.67 bits per heavy atom. The second kappa shape index (κ2) is 7.45. The molecule has 0 atom stereocenters. The molecule has 1 saturated heterocycles. The number of fused-ring (bicyclic) bond motifs is 1. The molecular weight excluding hydrogens is 336 g/mol. The number of nitrogens with one attached hydrogen (secondary N) is 1. The van der Waals surface area contributed by atoms with Crippen LogP contribution in [0, 0.1) is 0 Å². The molecule has 3 heterocycles. The largest absolute Gasteiger partial charge is 0.355 e. The molecule has 0 spiro atoms. The van der Waals surface area contributed by atoms with Crippen LogP contribution in [-0.2, 0) is 6.42 Å². The third kappa shape index (κ3) is 3.69. The van der Waals surface area contributed by atoms with E-state index in [1.807, 2.05) is 30.5 Å². The summed E-state index contributed by atoms with van der Waals surface area (Å²) in [6.07, 6.45) is 2.94. The molecule has 0 unspecified atom stereocenters. The molecule has 27 heavy (non-hydrogen) atoms. The lowest BCUT2D eigenvalue weighted by Crippen LogP contribution is -2.44. The third-order valence-electron chi connectivity index (χ3n) is 5.34. The average Bonchev–Trinajstić information content (AvgIpc) is 3.12. The zero-order chi connectivity index (χ0) is 18.8. The first-order valence-corrected chi connectivity index (χ1v) is 9.59. The van der Waals surface area contributed by atoms with Crippen LogP contribution >= 0.6 is 0 Å². The van der Waals surface area contributed by atoms with Gasteiger partial charge in [0.15, 0.2) is 0 Å². The molecule has 4 rings (SSSR count). The van der Waals surface area contributed by atoms with Crippen LogP contribution in [0.1, 0.15) is 22.8 Å². The first kappa shape index (κ1) is 17.6. The number of likely N-dealkylation sites (N-methyl/N-ethyl adjacent to an activating group) is 1. The highest BCUT2D eigenvalue weighted by Gasteiger charge is 2.17.